The van der Waals surface area contributed by atoms with Crippen LogP contribution in [0.25, 0.3) is 0 Å². The molecule has 2 saturated heterocycles. The van der Waals surface area contributed by atoms with Gasteiger partial charge < -0.3 is 9.64 Å². The van der Waals surface area contributed by atoms with E-state index in [-0.39, 0.29) is 12.1 Å². The van der Waals surface area contributed by atoms with Crippen LogP contribution in [0.1, 0.15) is 32.6 Å². The van der Waals surface area contributed by atoms with Crippen molar-refractivity contribution in [2.45, 2.75) is 50.8 Å². The second kappa shape index (κ2) is 4.35. The van der Waals surface area contributed by atoms with Crippen molar-refractivity contribution in [1.29, 1.82) is 0 Å². The molecule has 3 atom stereocenters. The van der Waals surface area contributed by atoms with Gasteiger partial charge in [0.15, 0.2) is 0 Å². The topological polar surface area (TPSA) is 29.5 Å². The molecule has 2 bridgehead atoms. The van der Waals surface area contributed by atoms with Gasteiger partial charge in [-0.1, -0.05) is 6.08 Å². The summed E-state index contributed by atoms with van der Waals surface area (Å²) in [6.45, 7) is 1.83. The lowest BCUT2D eigenvalue weighted by molar-refractivity contribution is -0.146. The summed E-state index contributed by atoms with van der Waals surface area (Å²) in [7, 11) is 2.19. The molecule has 0 aromatic carbocycles. The van der Waals surface area contributed by atoms with E-state index < -0.39 is 0 Å². The molecule has 0 radical (unpaired) electrons. The minimum atomic E-state index is -0.188. The molecule has 0 N–H and O–H groups in total. The second-order valence-corrected chi connectivity index (χ2v) is 4.58. The molecule has 0 spiro atoms. The molecule has 2 aliphatic rings. The number of ether oxygens (including phenoxy) is 1. The highest BCUT2D eigenvalue weighted by atomic mass is 16.5. The molecule has 0 aliphatic carbocycles. The average molecular weight is 209 g/mol. The lowest BCUT2D eigenvalue weighted by Crippen LogP contribution is -2.43. The first-order valence-corrected chi connectivity index (χ1v) is 5.76. The molecular formula is C12H19NO2. The number of hydrogen-bond acceptors (Lipinski definition) is 3. The van der Waals surface area contributed by atoms with Crippen molar-refractivity contribution in [3.05, 3.63) is 12.2 Å². The Labute approximate surface area is 91.1 Å². The summed E-state index contributed by atoms with van der Waals surface area (Å²) in [5.74, 6) is -0.188. The number of piperidine rings is 1. The zero-order valence-corrected chi connectivity index (χ0v) is 9.48. The molecule has 2 rings (SSSR count). The van der Waals surface area contributed by atoms with Crippen molar-refractivity contribution in [1.82, 2.24) is 4.90 Å². The first-order chi connectivity index (χ1) is 7.20. The highest BCUT2D eigenvalue weighted by Crippen LogP contribution is 2.35. The van der Waals surface area contributed by atoms with Crippen LogP contribution >= 0.6 is 0 Å². The minimum Gasteiger partial charge on any atom is -0.459 e. The van der Waals surface area contributed by atoms with Crippen molar-refractivity contribution in [3.8, 4) is 0 Å². The summed E-state index contributed by atoms with van der Waals surface area (Å²) in [6.07, 6.45) is 7.92. The van der Waals surface area contributed by atoms with Crippen LogP contribution in [0.4, 0.5) is 0 Å². The number of esters is 1. The number of rotatable bonds is 2. The van der Waals surface area contributed by atoms with Gasteiger partial charge in [0.1, 0.15) is 6.10 Å². The quantitative estimate of drug-likeness (QED) is 0.512. The maximum Gasteiger partial charge on any atom is 0.330 e. The van der Waals surface area contributed by atoms with E-state index in [4.69, 9.17) is 4.74 Å². The van der Waals surface area contributed by atoms with Gasteiger partial charge in [0, 0.05) is 31.0 Å². The van der Waals surface area contributed by atoms with E-state index >= 15 is 0 Å². The van der Waals surface area contributed by atoms with Gasteiger partial charge in [-0.2, -0.15) is 0 Å². The van der Waals surface area contributed by atoms with E-state index in [2.05, 4.69) is 11.9 Å². The fraction of sp³-hybridized carbons (Fsp3) is 0.750. The van der Waals surface area contributed by atoms with Crippen molar-refractivity contribution >= 4 is 5.97 Å². The third kappa shape index (κ3) is 2.23. The van der Waals surface area contributed by atoms with E-state index in [9.17, 15) is 4.79 Å². The first kappa shape index (κ1) is 10.7. The number of carbonyl (C=O) groups is 1. The fourth-order valence-electron chi connectivity index (χ4n) is 2.80. The van der Waals surface area contributed by atoms with Crippen LogP contribution in [0, 0.1) is 0 Å². The third-order valence-electron chi connectivity index (χ3n) is 3.64. The van der Waals surface area contributed by atoms with Gasteiger partial charge in [0.2, 0.25) is 0 Å². The van der Waals surface area contributed by atoms with Crippen LogP contribution in [0.15, 0.2) is 12.2 Å². The molecule has 3 heteroatoms. The Balaban J connectivity index is 1.89. The standard InChI is InChI=1S/C12H19NO2/c1-3-4-12(14)15-11-7-9-5-6-10(8-11)13(9)2/h3-4,9-11H,5-8H2,1-2H3/b4-3+/t9-,10+,11?. The van der Waals surface area contributed by atoms with E-state index in [1.165, 1.54) is 18.9 Å². The molecule has 15 heavy (non-hydrogen) atoms. The highest BCUT2D eigenvalue weighted by molar-refractivity contribution is 5.81. The molecule has 0 aromatic heterocycles. The molecule has 0 aromatic rings. The number of nitrogens with zero attached hydrogens (tertiary/aromatic N) is 1. The number of fused-ring (bicyclic) bond motifs is 2. The molecular weight excluding hydrogens is 190 g/mol. The van der Waals surface area contributed by atoms with Gasteiger partial charge in [0.25, 0.3) is 0 Å². The van der Waals surface area contributed by atoms with E-state index in [0.717, 1.165) is 12.8 Å². The molecule has 3 nitrogen and oxygen atoms in total. The Bertz CT molecular complexity index is 261. The summed E-state index contributed by atoms with van der Waals surface area (Å²) in [5.41, 5.74) is 0. The van der Waals surface area contributed by atoms with Crippen molar-refractivity contribution in [2.75, 3.05) is 7.05 Å². The second-order valence-electron chi connectivity index (χ2n) is 4.58. The first-order valence-electron chi connectivity index (χ1n) is 5.76. The molecule has 1 unspecified atom stereocenters. The van der Waals surface area contributed by atoms with Gasteiger partial charge in [-0.05, 0) is 26.8 Å². The SMILES string of the molecule is C/C=C/C(=O)OC1C[C@H]2CC[C@@H](C1)N2C. The fourth-order valence-corrected chi connectivity index (χ4v) is 2.80. The molecule has 2 aliphatic heterocycles. The number of hydrogen-bond donors (Lipinski definition) is 0. The van der Waals surface area contributed by atoms with Crippen LogP contribution in [-0.2, 0) is 9.53 Å². The molecule has 84 valence electrons. The van der Waals surface area contributed by atoms with Gasteiger partial charge in [-0.15, -0.1) is 0 Å². The molecule has 0 saturated carbocycles. The third-order valence-corrected chi connectivity index (χ3v) is 3.64. The molecule has 0 amide bonds. The van der Waals surface area contributed by atoms with E-state index in [1.807, 2.05) is 6.92 Å². The van der Waals surface area contributed by atoms with Crippen LogP contribution in [0.2, 0.25) is 0 Å². The predicted molar refractivity (Wildman–Crippen MR) is 58.5 cm³/mol. The van der Waals surface area contributed by atoms with Gasteiger partial charge in [-0.25, -0.2) is 4.79 Å². The average Bonchev–Trinajstić information content (AvgIpc) is 2.43. The van der Waals surface area contributed by atoms with Crippen LogP contribution in [-0.4, -0.2) is 36.1 Å². The Morgan fingerprint density at radius 2 is 1.93 bits per heavy atom. The van der Waals surface area contributed by atoms with Crippen LogP contribution < -0.4 is 0 Å². The number of allylic oxidation sites excluding steroid dienone is 1. The predicted octanol–water partition coefficient (Wildman–Crippen LogP) is 1.73. The Morgan fingerprint density at radius 3 is 2.47 bits per heavy atom. The summed E-state index contributed by atoms with van der Waals surface area (Å²) in [4.78, 5) is 13.7. The maximum absolute atomic E-state index is 11.3. The minimum absolute atomic E-state index is 0.141. The smallest absolute Gasteiger partial charge is 0.330 e. The van der Waals surface area contributed by atoms with Crippen molar-refractivity contribution < 1.29 is 9.53 Å². The van der Waals surface area contributed by atoms with Crippen molar-refractivity contribution in [3.63, 3.8) is 0 Å². The zero-order chi connectivity index (χ0) is 10.8. The summed E-state index contributed by atoms with van der Waals surface area (Å²) in [6, 6.07) is 1.26. The van der Waals surface area contributed by atoms with Crippen LogP contribution in [0.5, 0.6) is 0 Å². The summed E-state index contributed by atoms with van der Waals surface area (Å²) >= 11 is 0. The Kier molecular flexibility index (Phi) is 3.10. The van der Waals surface area contributed by atoms with Gasteiger partial charge in [0.05, 0.1) is 0 Å². The molecule has 2 fully saturated rings. The largest absolute Gasteiger partial charge is 0.459 e. The number of carbonyl (C=O) groups excluding carboxylic acids is 1. The lowest BCUT2D eigenvalue weighted by Gasteiger charge is -2.35. The Hall–Kier alpha value is -0.830. The normalized spacial score (nSPS) is 36.0. The lowest BCUT2D eigenvalue weighted by atomic mass is 10.0. The zero-order valence-electron chi connectivity index (χ0n) is 9.48. The molecule has 2 heterocycles. The maximum atomic E-state index is 11.3. The monoisotopic (exact) mass is 209 g/mol. The Morgan fingerprint density at radius 1 is 1.33 bits per heavy atom. The van der Waals surface area contributed by atoms with Crippen molar-refractivity contribution in [2.24, 2.45) is 0 Å². The van der Waals surface area contributed by atoms with E-state index in [1.54, 1.807) is 6.08 Å². The van der Waals surface area contributed by atoms with Gasteiger partial charge in [-0.3, -0.25) is 0 Å². The summed E-state index contributed by atoms with van der Waals surface area (Å²) in [5, 5.41) is 0. The highest BCUT2D eigenvalue weighted by Gasteiger charge is 2.39. The van der Waals surface area contributed by atoms with E-state index in [0.29, 0.717) is 12.1 Å². The summed E-state index contributed by atoms with van der Waals surface area (Å²) < 4.78 is 5.41. The van der Waals surface area contributed by atoms with Crippen LogP contribution in [0.3, 0.4) is 0 Å². The van der Waals surface area contributed by atoms with Gasteiger partial charge >= 0.3 is 5.97 Å².